The smallest absolute Gasteiger partial charge is 0.150 e. The average molecular weight is 252 g/mol. The van der Waals surface area contributed by atoms with Gasteiger partial charge in [-0.1, -0.05) is 0 Å². The van der Waals surface area contributed by atoms with E-state index in [-0.39, 0.29) is 23.9 Å². The zero-order valence-electron chi connectivity index (χ0n) is 9.87. The van der Waals surface area contributed by atoms with Gasteiger partial charge in [0.1, 0.15) is 5.69 Å². The summed E-state index contributed by atoms with van der Waals surface area (Å²) < 4.78 is 27.8. The summed E-state index contributed by atoms with van der Waals surface area (Å²) in [5.41, 5.74) is -0.168. The second-order valence-corrected chi connectivity index (χ2v) is 4.43. The zero-order chi connectivity index (χ0) is 13.1. The highest BCUT2D eigenvalue weighted by Gasteiger charge is 2.27. The molecule has 18 heavy (non-hydrogen) atoms. The molecule has 1 aliphatic rings. The van der Waals surface area contributed by atoms with E-state index in [1.807, 2.05) is 0 Å². The summed E-state index contributed by atoms with van der Waals surface area (Å²) in [5, 5.41) is 17.9. The van der Waals surface area contributed by atoms with Crippen molar-refractivity contribution in [1.82, 2.24) is 0 Å². The summed E-state index contributed by atoms with van der Waals surface area (Å²) >= 11 is 0. The van der Waals surface area contributed by atoms with Gasteiger partial charge in [-0.3, -0.25) is 0 Å². The van der Waals surface area contributed by atoms with Crippen LogP contribution in [0.15, 0.2) is 12.1 Å². The number of nitrogens with zero attached hydrogens (tertiary/aromatic N) is 2. The van der Waals surface area contributed by atoms with E-state index >= 15 is 0 Å². The molecule has 0 spiro atoms. The van der Waals surface area contributed by atoms with Crippen LogP contribution in [0.1, 0.15) is 24.8 Å². The van der Waals surface area contributed by atoms with Gasteiger partial charge in [0, 0.05) is 6.54 Å². The van der Waals surface area contributed by atoms with E-state index in [4.69, 9.17) is 5.26 Å². The fourth-order valence-corrected chi connectivity index (χ4v) is 2.39. The minimum absolute atomic E-state index is 0.0358. The molecule has 1 aromatic rings. The molecule has 1 aliphatic heterocycles. The monoisotopic (exact) mass is 252 g/mol. The van der Waals surface area contributed by atoms with E-state index in [0.29, 0.717) is 6.54 Å². The summed E-state index contributed by atoms with van der Waals surface area (Å²) in [7, 11) is 0. The third-order valence-electron chi connectivity index (χ3n) is 3.27. The van der Waals surface area contributed by atoms with Crippen molar-refractivity contribution in [2.24, 2.45) is 0 Å². The lowest BCUT2D eigenvalue weighted by molar-refractivity contribution is 0.238. The highest BCUT2D eigenvalue weighted by atomic mass is 19.1. The van der Waals surface area contributed by atoms with Gasteiger partial charge < -0.3 is 10.0 Å². The van der Waals surface area contributed by atoms with Gasteiger partial charge in [0.2, 0.25) is 0 Å². The van der Waals surface area contributed by atoms with Crippen LogP contribution in [-0.2, 0) is 0 Å². The van der Waals surface area contributed by atoms with Crippen LogP contribution < -0.4 is 4.90 Å². The molecule has 0 amide bonds. The molecule has 1 unspecified atom stereocenters. The average Bonchev–Trinajstić information content (AvgIpc) is 2.38. The maximum atomic E-state index is 13.9. The number of aliphatic hydroxyl groups excluding tert-OH is 1. The quantitative estimate of drug-likeness (QED) is 0.877. The van der Waals surface area contributed by atoms with Gasteiger partial charge in [-0.15, -0.1) is 0 Å². The molecule has 1 N–H and O–H groups in total. The maximum Gasteiger partial charge on any atom is 0.150 e. The van der Waals surface area contributed by atoms with Gasteiger partial charge in [-0.25, -0.2) is 8.78 Å². The molecule has 0 saturated carbocycles. The van der Waals surface area contributed by atoms with Gasteiger partial charge in [0.15, 0.2) is 11.6 Å². The minimum atomic E-state index is -0.744. The number of hydrogen-bond donors (Lipinski definition) is 1. The number of aliphatic hydroxyl groups is 1. The van der Waals surface area contributed by atoms with Crippen molar-refractivity contribution in [3.63, 3.8) is 0 Å². The third-order valence-corrected chi connectivity index (χ3v) is 3.27. The lowest BCUT2D eigenvalue weighted by Gasteiger charge is -2.36. The van der Waals surface area contributed by atoms with Crippen LogP contribution in [0.3, 0.4) is 0 Å². The molecular weight excluding hydrogens is 238 g/mol. The molecule has 1 heterocycles. The van der Waals surface area contributed by atoms with E-state index in [2.05, 4.69) is 0 Å². The van der Waals surface area contributed by atoms with Crippen molar-refractivity contribution >= 4 is 5.69 Å². The van der Waals surface area contributed by atoms with E-state index < -0.39 is 11.6 Å². The van der Waals surface area contributed by atoms with Crippen LogP contribution in [0.25, 0.3) is 0 Å². The van der Waals surface area contributed by atoms with E-state index in [1.54, 1.807) is 11.0 Å². The Labute approximate surface area is 104 Å². The first-order chi connectivity index (χ1) is 8.67. The highest BCUT2D eigenvalue weighted by Crippen LogP contribution is 2.30. The molecule has 0 radical (unpaired) electrons. The fourth-order valence-electron chi connectivity index (χ4n) is 2.39. The Balaban J connectivity index is 2.40. The summed E-state index contributed by atoms with van der Waals surface area (Å²) in [6.07, 6.45) is 2.51. The number of halogens is 2. The minimum Gasteiger partial charge on any atom is -0.394 e. The van der Waals surface area contributed by atoms with Crippen molar-refractivity contribution in [1.29, 1.82) is 5.26 Å². The Bertz CT molecular complexity index is 461. The standard InChI is InChI=1S/C13H14F2N2O/c14-11-5-9(7-16)6-12(15)13(11)17-4-2-1-3-10(17)8-18/h5-6,10,18H,1-4,8H2. The fraction of sp³-hybridized carbons (Fsp3) is 0.462. The normalized spacial score (nSPS) is 19.7. The van der Waals surface area contributed by atoms with Crippen LogP contribution >= 0.6 is 0 Å². The predicted octanol–water partition coefficient (Wildman–Crippen LogP) is 2.19. The Hall–Kier alpha value is -1.67. The molecular formula is C13H14F2N2O. The maximum absolute atomic E-state index is 13.9. The predicted molar refractivity (Wildman–Crippen MR) is 63.1 cm³/mol. The number of rotatable bonds is 2. The molecule has 0 aliphatic carbocycles. The summed E-state index contributed by atoms with van der Waals surface area (Å²) in [6, 6.07) is 3.52. The van der Waals surface area contributed by atoms with Crippen molar-refractivity contribution in [3.05, 3.63) is 29.3 Å². The van der Waals surface area contributed by atoms with Crippen LogP contribution in [0.5, 0.6) is 0 Å². The number of benzene rings is 1. The first kappa shape index (κ1) is 12.8. The second kappa shape index (κ2) is 5.32. The van der Waals surface area contributed by atoms with Crippen molar-refractivity contribution < 1.29 is 13.9 Å². The first-order valence-corrected chi connectivity index (χ1v) is 5.94. The van der Waals surface area contributed by atoms with E-state index in [9.17, 15) is 13.9 Å². The van der Waals surface area contributed by atoms with Crippen LogP contribution in [0, 0.1) is 23.0 Å². The second-order valence-electron chi connectivity index (χ2n) is 4.43. The highest BCUT2D eigenvalue weighted by molar-refractivity contribution is 5.53. The molecule has 1 saturated heterocycles. The van der Waals surface area contributed by atoms with Gasteiger partial charge in [-0.2, -0.15) is 5.26 Å². The van der Waals surface area contributed by atoms with Crippen molar-refractivity contribution in [2.45, 2.75) is 25.3 Å². The van der Waals surface area contributed by atoms with Gasteiger partial charge in [0.05, 0.1) is 24.3 Å². The molecule has 1 atom stereocenters. The molecule has 2 rings (SSSR count). The summed E-state index contributed by atoms with van der Waals surface area (Å²) in [4.78, 5) is 1.56. The lowest BCUT2D eigenvalue weighted by atomic mass is 10.0. The Morgan fingerprint density at radius 1 is 1.33 bits per heavy atom. The topological polar surface area (TPSA) is 47.3 Å². The number of nitriles is 1. The molecule has 96 valence electrons. The van der Waals surface area contributed by atoms with E-state index in [1.165, 1.54) is 0 Å². The van der Waals surface area contributed by atoms with Crippen LogP contribution in [-0.4, -0.2) is 24.3 Å². The van der Waals surface area contributed by atoms with Crippen molar-refractivity contribution in [2.75, 3.05) is 18.1 Å². The largest absolute Gasteiger partial charge is 0.394 e. The molecule has 0 bridgehead atoms. The number of hydrogen-bond acceptors (Lipinski definition) is 3. The first-order valence-electron chi connectivity index (χ1n) is 5.94. The third kappa shape index (κ3) is 2.29. The van der Waals surface area contributed by atoms with Crippen LogP contribution in [0.4, 0.5) is 14.5 Å². The van der Waals surface area contributed by atoms with Gasteiger partial charge in [0.25, 0.3) is 0 Å². The molecule has 3 nitrogen and oxygen atoms in total. The Morgan fingerprint density at radius 2 is 2.00 bits per heavy atom. The van der Waals surface area contributed by atoms with E-state index in [0.717, 1.165) is 31.4 Å². The molecule has 5 heteroatoms. The molecule has 1 aromatic carbocycles. The number of piperidine rings is 1. The molecule has 0 aromatic heterocycles. The summed E-state index contributed by atoms with van der Waals surface area (Å²) in [5.74, 6) is -1.49. The Kier molecular flexibility index (Phi) is 3.78. The van der Waals surface area contributed by atoms with Crippen molar-refractivity contribution in [3.8, 4) is 6.07 Å². The summed E-state index contributed by atoms with van der Waals surface area (Å²) in [6.45, 7) is 0.393. The molecule has 1 fully saturated rings. The van der Waals surface area contributed by atoms with Crippen LogP contribution in [0.2, 0.25) is 0 Å². The van der Waals surface area contributed by atoms with Gasteiger partial charge in [-0.05, 0) is 31.4 Å². The van der Waals surface area contributed by atoms with Gasteiger partial charge >= 0.3 is 0 Å². The zero-order valence-corrected chi connectivity index (χ0v) is 9.87. The number of anilines is 1. The lowest BCUT2D eigenvalue weighted by Crippen LogP contribution is -2.42. The SMILES string of the molecule is N#Cc1cc(F)c(N2CCCCC2CO)c(F)c1. The Morgan fingerprint density at radius 3 is 2.56 bits per heavy atom.